The highest BCUT2D eigenvalue weighted by Gasteiger charge is 2.26. The Kier molecular flexibility index (Phi) is 9.05. The van der Waals surface area contributed by atoms with Crippen molar-refractivity contribution in [2.24, 2.45) is 0 Å². The molecule has 1 rings (SSSR count). The van der Waals surface area contributed by atoms with Gasteiger partial charge in [-0.2, -0.15) is 0 Å². The molecule has 6 nitrogen and oxygen atoms in total. The number of unbranched alkanes of at least 4 members (excludes halogenated alkanes) is 1. The normalized spacial score (nSPS) is 12.1. The Hall–Kier alpha value is -0.823. The average molecular weight is 433 g/mol. The molecule has 0 aliphatic rings. The first-order valence-corrected chi connectivity index (χ1v) is 11.4. The molecule has 0 aliphatic carbocycles. The van der Waals surface area contributed by atoms with Crippen molar-refractivity contribution in [2.45, 2.75) is 38.7 Å². The summed E-state index contributed by atoms with van der Waals surface area (Å²) in [4.78, 5) is 14.7. The summed E-state index contributed by atoms with van der Waals surface area (Å²) in [7, 11) is 0.324. The van der Waals surface area contributed by atoms with Crippen molar-refractivity contribution in [3.8, 4) is 0 Å². The van der Waals surface area contributed by atoms with E-state index in [9.17, 15) is 10.1 Å². The maximum absolute atomic E-state index is 11.0. The number of rotatable bonds is 9. The van der Waals surface area contributed by atoms with Crippen molar-refractivity contribution < 1.29 is 9.35 Å². The minimum Gasteiger partial charge on any atom is -0.411 e. The second kappa shape index (κ2) is 10.2. The number of hydrogen-bond acceptors (Lipinski definition) is 5. The van der Waals surface area contributed by atoms with E-state index in [4.69, 9.17) is 4.43 Å². The highest BCUT2D eigenvalue weighted by Crippen LogP contribution is 2.27. The van der Waals surface area contributed by atoms with Gasteiger partial charge in [0.05, 0.1) is 4.92 Å². The third-order valence-corrected chi connectivity index (χ3v) is 7.54. The van der Waals surface area contributed by atoms with E-state index in [0.29, 0.717) is 16.8 Å². The van der Waals surface area contributed by atoms with E-state index >= 15 is 0 Å². The van der Waals surface area contributed by atoms with Gasteiger partial charge >= 0.3 is 5.69 Å². The van der Waals surface area contributed by atoms with Crippen molar-refractivity contribution in [1.82, 2.24) is 4.98 Å². The van der Waals surface area contributed by atoms with E-state index < -0.39 is 14.0 Å². The lowest BCUT2D eigenvalue weighted by atomic mass is 10.3. The Bertz CT molecular complexity index is 582. The number of halogens is 1. The van der Waals surface area contributed by atoms with Crippen LogP contribution >= 0.6 is 24.1 Å². The van der Waals surface area contributed by atoms with Gasteiger partial charge in [0.15, 0.2) is 0 Å². The molecule has 0 aromatic carbocycles. The fourth-order valence-corrected chi connectivity index (χ4v) is 5.79. The number of nitro groups is 1. The first-order chi connectivity index (χ1) is 11.3. The number of nitrogens with one attached hydrogen (secondary N) is 1. The van der Waals surface area contributed by atoms with Crippen LogP contribution in [0, 0.1) is 10.1 Å². The van der Waals surface area contributed by atoms with Crippen LogP contribution in [0.15, 0.2) is 16.7 Å². The van der Waals surface area contributed by atoms with Gasteiger partial charge in [0.1, 0.15) is 0 Å². The zero-order valence-electron chi connectivity index (χ0n) is 14.5. The van der Waals surface area contributed by atoms with Gasteiger partial charge in [-0.3, -0.25) is 10.1 Å². The highest BCUT2D eigenvalue weighted by atomic mass is 79.9. The molecule has 0 amide bonds. The van der Waals surface area contributed by atoms with E-state index in [-0.39, 0.29) is 10.7 Å². The molecule has 0 unspecified atom stereocenters. The van der Waals surface area contributed by atoms with Crippen molar-refractivity contribution in [2.75, 3.05) is 25.1 Å². The Morgan fingerprint density at radius 3 is 2.79 bits per heavy atom. The molecule has 0 aliphatic heterocycles. The molecule has 1 heterocycles. The topological polar surface area (TPSA) is 77.3 Å². The van der Waals surface area contributed by atoms with E-state index in [2.05, 4.69) is 59.1 Å². The molecule has 133 valence electrons. The van der Waals surface area contributed by atoms with Crippen molar-refractivity contribution in [3.05, 3.63) is 26.9 Å². The van der Waals surface area contributed by atoms with Crippen LogP contribution in [0.1, 0.15) is 33.6 Å². The summed E-state index contributed by atoms with van der Waals surface area (Å²) in [5, 5.41) is 14.2. The smallest absolute Gasteiger partial charge is 0.312 e. The van der Waals surface area contributed by atoms with Gasteiger partial charge in [0, 0.05) is 29.9 Å². The number of aromatic nitrogens is 1. The molecule has 9 heteroatoms. The predicted octanol–water partition coefficient (Wildman–Crippen LogP) is 4.67. The number of pyridine rings is 1. The molecule has 24 heavy (non-hydrogen) atoms. The van der Waals surface area contributed by atoms with Gasteiger partial charge in [0.2, 0.25) is 14.9 Å². The summed E-state index contributed by atoms with van der Waals surface area (Å²) in [6.45, 7) is 10.1. The highest BCUT2D eigenvalue weighted by molar-refractivity contribution is 9.10. The number of hydrogen-bond donors (Lipinski definition) is 1. The molecule has 1 radical (unpaired) electrons. The van der Waals surface area contributed by atoms with E-state index in [0.717, 1.165) is 19.4 Å². The fraction of sp³-hybridized carbons (Fsp3) is 0.600. The first-order valence-electron chi connectivity index (χ1n) is 7.72. The van der Waals surface area contributed by atoms with E-state index in [1.807, 2.05) is 0 Å². The first kappa shape index (κ1) is 21.2. The lowest BCUT2D eigenvalue weighted by Gasteiger charge is -2.25. The van der Waals surface area contributed by atoms with Gasteiger partial charge < -0.3 is 9.74 Å². The largest absolute Gasteiger partial charge is 0.411 e. The van der Waals surface area contributed by atoms with Crippen LogP contribution in [0.3, 0.4) is 0 Å². The summed E-state index contributed by atoms with van der Waals surface area (Å²) < 4.78 is 6.65. The maximum Gasteiger partial charge on any atom is 0.312 e. The standard InChI is InChI=1S/C15H24BrN3O3PSi/c1-15(2,3)24(11-23-4)22-8-6-5-7-17-14-13(19(20)21)9-12(16)10-18-14/h9-11H,5-8H2,1-4H3,(H,17,18). The lowest BCUT2D eigenvalue weighted by molar-refractivity contribution is -0.384. The van der Waals surface area contributed by atoms with E-state index in [1.54, 1.807) is 6.20 Å². The zero-order valence-corrected chi connectivity index (χ0v) is 18.0. The summed E-state index contributed by atoms with van der Waals surface area (Å²) in [6.07, 6.45) is 3.34. The molecule has 0 saturated heterocycles. The average Bonchev–Trinajstić information content (AvgIpc) is 2.49. The van der Waals surface area contributed by atoms with Crippen LogP contribution in [0.25, 0.3) is 0 Å². The monoisotopic (exact) mass is 432 g/mol. The lowest BCUT2D eigenvalue weighted by Crippen LogP contribution is -2.31. The van der Waals surface area contributed by atoms with Crippen LogP contribution < -0.4 is 5.32 Å². The molecule has 0 spiro atoms. The molecule has 0 saturated carbocycles. The fourth-order valence-electron chi connectivity index (χ4n) is 1.88. The molecule has 0 atom stereocenters. The summed E-state index contributed by atoms with van der Waals surface area (Å²) in [5.41, 5.74) is 2.26. The van der Waals surface area contributed by atoms with Crippen LogP contribution in [0.2, 0.25) is 5.04 Å². The zero-order chi connectivity index (χ0) is 18.2. The Morgan fingerprint density at radius 2 is 2.21 bits per heavy atom. The van der Waals surface area contributed by atoms with Crippen LogP contribution in [0.5, 0.6) is 0 Å². The molecular formula is C15H24BrN3O3PSi. The van der Waals surface area contributed by atoms with Gasteiger partial charge in [-0.05, 0) is 45.9 Å². The quantitative estimate of drug-likeness (QED) is 0.201. The van der Waals surface area contributed by atoms with Crippen molar-refractivity contribution >= 4 is 50.1 Å². The SMILES string of the molecule is CP=C[Si](OCCCCNc1ncc(Br)cc1[N+](=O)[O-])C(C)(C)C. The van der Waals surface area contributed by atoms with Crippen molar-refractivity contribution in [3.63, 3.8) is 0 Å². The van der Waals surface area contributed by atoms with E-state index in [1.165, 1.54) is 14.3 Å². The molecule has 1 aromatic rings. The summed E-state index contributed by atoms with van der Waals surface area (Å²) in [6, 6.07) is 1.45. The molecule has 0 fully saturated rings. The summed E-state index contributed by atoms with van der Waals surface area (Å²) in [5.74, 6) is 0.307. The Labute approximate surface area is 155 Å². The second-order valence-corrected chi connectivity index (χ2v) is 11.2. The van der Waals surface area contributed by atoms with Crippen LogP contribution in [-0.4, -0.2) is 44.2 Å². The minimum atomic E-state index is -0.937. The second-order valence-electron chi connectivity index (χ2n) is 6.26. The number of nitrogens with zero attached hydrogens (tertiary/aromatic N) is 2. The maximum atomic E-state index is 11.0. The molecule has 1 N–H and O–H groups in total. The molecule has 0 bridgehead atoms. The van der Waals surface area contributed by atoms with Crippen molar-refractivity contribution in [1.29, 1.82) is 0 Å². The van der Waals surface area contributed by atoms with Gasteiger partial charge in [-0.25, -0.2) is 4.98 Å². The van der Waals surface area contributed by atoms with Crippen LogP contribution in [0.4, 0.5) is 11.5 Å². The Balaban J connectivity index is 2.38. The number of anilines is 1. The van der Waals surface area contributed by atoms with Gasteiger partial charge in [-0.15, -0.1) is 8.20 Å². The predicted molar refractivity (Wildman–Crippen MR) is 107 cm³/mol. The third-order valence-electron chi connectivity index (χ3n) is 3.14. The van der Waals surface area contributed by atoms with Crippen LogP contribution in [-0.2, 0) is 4.43 Å². The molecule has 1 aromatic heterocycles. The molecular weight excluding hydrogens is 409 g/mol. The van der Waals surface area contributed by atoms with Gasteiger partial charge in [-0.1, -0.05) is 20.8 Å². The van der Waals surface area contributed by atoms with Gasteiger partial charge in [0.25, 0.3) is 0 Å². The summed E-state index contributed by atoms with van der Waals surface area (Å²) >= 11 is 3.20. The minimum absolute atomic E-state index is 0.0181. The third kappa shape index (κ3) is 7.38. The Morgan fingerprint density at radius 1 is 1.50 bits per heavy atom.